The minimum Gasteiger partial charge on any atom is -0.339 e. The van der Waals surface area contributed by atoms with E-state index in [1.54, 1.807) is 0 Å². The SMILES string of the molecule is CN(C)[C@@H]1CCN(c2nccc(Nc3cc(C4CC4)[nH]n3)n2)C1. The summed E-state index contributed by atoms with van der Waals surface area (Å²) >= 11 is 0. The number of hydrogen-bond acceptors (Lipinski definition) is 6. The molecule has 2 fully saturated rings. The van der Waals surface area contributed by atoms with Crippen LogP contribution in [0.1, 0.15) is 30.9 Å². The summed E-state index contributed by atoms with van der Waals surface area (Å²) in [6, 6.07) is 4.54. The quantitative estimate of drug-likeness (QED) is 0.879. The molecule has 3 heterocycles. The van der Waals surface area contributed by atoms with Gasteiger partial charge >= 0.3 is 0 Å². The topological polar surface area (TPSA) is 73.0 Å². The number of likely N-dealkylation sites (N-methyl/N-ethyl adjacent to an activating group) is 1. The molecule has 4 rings (SSSR count). The van der Waals surface area contributed by atoms with Crippen molar-refractivity contribution in [2.75, 3.05) is 37.4 Å². The Balaban J connectivity index is 1.45. The van der Waals surface area contributed by atoms with Gasteiger partial charge in [-0.15, -0.1) is 0 Å². The Labute approximate surface area is 136 Å². The second kappa shape index (κ2) is 5.81. The zero-order valence-corrected chi connectivity index (χ0v) is 13.7. The van der Waals surface area contributed by atoms with Crippen LogP contribution in [0.5, 0.6) is 0 Å². The molecule has 2 aromatic heterocycles. The van der Waals surface area contributed by atoms with Crippen LogP contribution in [0.3, 0.4) is 0 Å². The molecule has 1 aliphatic heterocycles. The molecule has 7 nitrogen and oxygen atoms in total. The van der Waals surface area contributed by atoms with E-state index in [2.05, 4.69) is 55.4 Å². The molecule has 1 saturated heterocycles. The highest BCUT2D eigenvalue weighted by Gasteiger charge is 2.26. The molecule has 0 aromatic carbocycles. The van der Waals surface area contributed by atoms with Crippen LogP contribution in [0, 0.1) is 0 Å². The maximum Gasteiger partial charge on any atom is 0.227 e. The van der Waals surface area contributed by atoms with Gasteiger partial charge in [-0.3, -0.25) is 5.10 Å². The summed E-state index contributed by atoms with van der Waals surface area (Å²) in [5.74, 6) is 3.07. The number of rotatable bonds is 5. The van der Waals surface area contributed by atoms with Crippen molar-refractivity contribution in [3.8, 4) is 0 Å². The van der Waals surface area contributed by atoms with E-state index in [1.807, 2.05) is 12.3 Å². The molecule has 1 saturated carbocycles. The fraction of sp³-hybridized carbons (Fsp3) is 0.562. The van der Waals surface area contributed by atoms with Crippen LogP contribution in [-0.2, 0) is 0 Å². The first-order chi connectivity index (χ1) is 11.2. The second-order valence-electron chi connectivity index (χ2n) is 6.70. The second-order valence-corrected chi connectivity index (χ2v) is 6.70. The molecule has 0 amide bonds. The Kier molecular flexibility index (Phi) is 3.65. The molecule has 122 valence electrons. The largest absolute Gasteiger partial charge is 0.339 e. The fourth-order valence-electron chi connectivity index (χ4n) is 3.05. The van der Waals surface area contributed by atoms with Crippen molar-refractivity contribution < 1.29 is 0 Å². The number of nitrogens with zero attached hydrogens (tertiary/aromatic N) is 5. The Morgan fingerprint density at radius 1 is 1.26 bits per heavy atom. The van der Waals surface area contributed by atoms with Crippen molar-refractivity contribution in [3.63, 3.8) is 0 Å². The number of nitrogens with one attached hydrogen (secondary N) is 2. The molecular weight excluding hydrogens is 290 g/mol. The van der Waals surface area contributed by atoms with Crippen LogP contribution < -0.4 is 10.2 Å². The summed E-state index contributed by atoms with van der Waals surface area (Å²) in [6.45, 7) is 1.98. The number of aromatic nitrogens is 4. The Bertz CT molecular complexity index is 677. The third kappa shape index (κ3) is 3.14. The average Bonchev–Trinajstić information content (AvgIpc) is 3.09. The average molecular weight is 313 g/mol. The zero-order valence-electron chi connectivity index (χ0n) is 13.7. The van der Waals surface area contributed by atoms with Crippen molar-refractivity contribution in [1.29, 1.82) is 0 Å². The molecule has 7 heteroatoms. The first-order valence-electron chi connectivity index (χ1n) is 8.26. The van der Waals surface area contributed by atoms with Crippen molar-refractivity contribution in [1.82, 2.24) is 25.1 Å². The molecule has 23 heavy (non-hydrogen) atoms. The van der Waals surface area contributed by atoms with Gasteiger partial charge in [0.1, 0.15) is 5.82 Å². The summed E-state index contributed by atoms with van der Waals surface area (Å²) in [4.78, 5) is 13.6. The van der Waals surface area contributed by atoms with Crippen molar-refractivity contribution in [3.05, 3.63) is 24.0 Å². The number of anilines is 3. The summed E-state index contributed by atoms with van der Waals surface area (Å²) in [6.07, 6.45) is 5.49. The Hall–Kier alpha value is -2.15. The van der Waals surface area contributed by atoms with E-state index in [1.165, 1.54) is 18.5 Å². The highest BCUT2D eigenvalue weighted by Crippen LogP contribution is 2.39. The van der Waals surface area contributed by atoms with Gasteiger partial charge in [0, 0.05) is 43.0 Å². The van der Waals surface area contributed by atoms with E-state index in [9.17, 15) is 0 Å². The van der Waals surface area contributed by atoms with E-state index < -0.39 is 0 Å². The Morgan fingerprint density at radius 2 is 2.13 bits per heavy atom. The fourth-order valence-corrected chi connectivity index (χ4v) is 3.05. The smallest absolute Gasteiger partial charge is 0.227 e. The Morgan fingerprint density at radius 3 is 2.87 bits per heavy atom. The number of hydrogen-bond donors (Lipinski definition) is 2. The van der Waals surface area contributed by atoms with Crippen LogP contribution in [0.2, 0.25) is 0 Å². The lowest BCUT2D eigenvalue weighted by Crippen LogP contribution is -2.32. The molecule has 2 N–H and O–H groups in total. The molecule has 0 bridgehead atoms. The lowest BCUT2D eigenvalue weighted by Gasteiger charge is -2.20. The molecule has 0 unspecified atom stereocenters. The summed E-state index contributed by atoms with van der Waals surface area (Å²) in [5, 5.41) is 10.7. The van der Waals surface area contributed by atoms with Crippen LogP contribution in [0.15, 0.2) is 18.3 Å². The van der Waals surface area contributed by atoms with Crippen LogP contribution in [-0.4, -0.2) is 58.3 Å². The van der Waals surface area contributed by atoms with Crippen molar-refractivity contribution in [2.45, 2.75) is 31.2 Å². The maximum absolute atomic E-state index is 4.64. The third-order valence-corrected chi connectivity index (χ3v) is 4.69. The van der Waals surface area contributed by atoms with Gasteiger partial charge in [-0.2, -0.15) is 10.1 Å². The lowest BCUT2D eigenvalue weighted by atomic mass is 10.2. The van der Waals surface area contributed by atoms with Gasteiger partial charge in [-0.25, -0.2) is 4.98 Å². The summed E-state index contributed by atoms with van der Waals surface area (Å²) in [7, 11) is 4.25. The molecule has 0 radical (unpaired) electrons. The van der Waals surface area contributed by atoms with E-state index >= 15 is 0 Å². The molecule has 0 spiro atoms. The minimum atomic E-state index is 0.572. The summed E-state index contributed by atoms with van der Waals surface area (Å²) in [5.41, 5.74) is 1.22. The van der Waals surface area contributed by atoms with E-state index in [0.29, 0.717) is 12.0 Å². The van der Waals surface area contributed by atoms with Crippen LogP contribution in [0.4, 0.5) is 17.6 Å². The normalized spacial score (nSPS) is 21.2. The van der Waals surface area contributed by atoms with Gasteiger partial charge in [-0.05, 0) is 39.4 Å². The molecule has 1 atom stereocenters. The highest BCUT2D eigenvalue weighted by molar-refractivity contribution is 5.53. The van der Waals surface area contributed by atoms with Gasteiger partial charge in [-0.1, -0.05) is 0 Å². The predicted molar refractivity (Wildman–Crippen MR) is 90.2 cm³/mol. The van der Waals surface area contributed by atoms with Gasteiger partial charge in [0.2, 0.25) is 5.95 Å². The van der Waals surface area contributed by atoms with E-state index in [-0.39, 0.29) is 0 Å². The van der Waals surface area contributed by atoms with Crippen molar-refractivity contribution in [2.24, 2.45) is 0 Å². The first kappa shape index (κ1) is 14.4. The van der Waals surface area contributed by atoms with Gasteiger partial charge in [0.15, 0.2) is 5.82 Å². The minimum absolute atomic E-state index is 0.572. The predicted octanol–water partition coefficient (Wildman–Crippen LogP) is 1.96. The number of H-pyrrole nitrogens is 1. The molecule has 2 aliphatic rings. The molecular formula is C16H23N7. The van der Waals surface area contributed by atoms with Gasteiger partial charge in [0.05, 0.1) is 0 Å². The third-order valence-electron chi connectivity index (χ3n) is 4.69. The molecule has 2 aromatic rings. The van der Waals surface area contributed by atoms with Gasteiger partial charge in [0.25, 0.3) is 0 Å². The van der Waals surface area contributed by atoms with Gasteiger partial charge < -0.3 is 15.1 Å². The zero-order chi connectivity index (χ0) is 15.8. The van der Waals surface area contributed by atoms with Crippen LogP contribution in [0.25, 0.3) is 0 Å². The van der Waals surface area contributed by atoms with Crippen molar-refractivity contribution >= 4 is 17.6 Å². The number of aromatic amines is 1. The highest BCUT2D eigenvalue weighted by atomic mass is 15.3. The standard InChI is InChI=1S/C16H23N7/c1-22(2)12-6-8-23(10-12)16-17-7-5-14(19-16)18-15-9-13(20-21-15)11-3-4-11/h5,7,9,11-12H,3-4,6,8,10H2,1-2H3,(H2,17,18,19,20,21)/t12-/m1/s1. The summed E-state index contributed by atoms with van der Waals surface area (Å²) < 4.78 is 0. The molecule has 1 aliphatic carbocycles. The maximum atomic E-state index is 4.64. The van der Waals surface area contributed by atoms with E-state index in [0.717, 1.165) is 37.1 Å². The lowest BCUT2D eigenvalue weighted by molar-refractivity contribution is 0.315. The van der Waals surface area contributed by atoms with E-state index in [4.69, 9.17) is 0 Å². The van der Waals surface area contributed by atoms with Crippen LogP contribution >= 0.6 is 0 Å². The first-order valence-corrected chi connectivity index (χ1v) is 8.26. The monoisotopic (exact) mass is 313 g/mol.